The molecule has 0 bridgehead atoms. The number of aliphatic imine (C=N–C) groups is 1. The lowest BCUT2D eigenvalue weighted by atomic mass is 10.2. The first-order chi connectivity index (χ1) is 7.15. The molecule has 3 N–H and O–H groups in total. The van der Waals surface area contributed by atoms with E-state index in [9.17, 15) is 9.90 Å². The molecule has 0 radical (unpaired) electrons. The van der Waals surface area contributed by atoms with E-state index in [4.69, 9.17) is 10.2 Å². The normalized spacial score (nSPS) is 12.9. The van der Waals surface area contributed by atoms with E-state index in [1.54, 1.807) is 18.2 Å². The highest BCUT2D eigenvalue weighted by atomic mass is 16.4. The second-order valence-electron chi connectivity index (χ2n) is 2.87. The molecule has 1 unspecified atom stereocenters. The van der Waals surface area contributed by atoms with Crippen LogP contribution in [0.25, 0.3) is 0 Å². The highest BCUT2D eigenvalue weighted by molar-refractivity contribution is 5.85. The first-order valence-corrected chi connectivity index (χ1v) is 4.30. The van der Waals surface area contributed by atoms with E-state index >= 15 is 0 Å². The third kappa shape index (κ3) is 3.07. The van der Waals surface area contributed by atoms with Crippen molar-refractivity contribution in [3.63, 3.8) is 0 Å². The molecule has 0 aliphatic carbocycles. The molecule has 0 spiro atoms. The highest BCUT2D eigenvalue weighted by Gasteiger charge is 2.13. The Kier molecular flexibility index (Phi) is 3.82. The van der Waals surface area contributed by atoms with Gasteiger partial charge in [-0.25, -0.2) is 4.79 Å². The van der Waals surface area contributed by atoms with E-state index in [1.807, 2.05) is 0 Å². The van der Waals surface area contributed by atoms with Crippen LogP contribution in [-0.2, 0) is 4.79 Å². The van der Waals surface area contributed by atoms with Gasteiger partial charge in [-0.05, 0) is 12.1 Å². The van der Waals surface area contributed by atoms with Crippen molar-refractivity contribution >= 4 is 12.2 Å². The van der Waals surface area contributed by atoms with Gasteiger partial charge in [-0.3, -0.25) is 4.99 Å². The fraction of sp³-hybridized carbons (Fsp3) is 0.200. The molecule has 0 aliphatic heterocycles. The van der Waals surface area contributed by atoms with Crippen LogP contribution < -0.4 is 0 Å². The van der Waals surface area contributed by atoms with Gasteiger partial charge in [-0.15, -0.1) is 0 Å². The van der Waals surface area contributed by atoms with Crippen LogP contribution in [0.4, 0.5) is 0 Å². The zero-order valence-electron chi connectivity index (χ0n) is 7.87. The molecule has 0 heterocycles. The maximum Gasteiger partial charge on any atom is 0.330 e. The predicted molar refractivity (Wildman–Crippen MR) is 54.2 cm³/mol. The van der Waals surface area contributed by atoms with E-state index in [1.165, 1.54) is 12.3 Å². The second kappa shape index (κ2) is 5.11. The summed E-state index contributed by atoms with van der Waals surface area (Å²) in [5.74, 6) is -1.19. The number of phenolic OH excluding ortho intramolecular Hbond substituents is 1. The Labute approximate surface area is 86.3 Å². The number of rotatable bonds is 4. The summed E-state index contributed by atoms with van der Waals surface area (Å²) in [5.41, 5.74) is 0.414. The number of aromatic hydroxyl groups is 1. The fourth-order valence-electron chi connectivity index (χ4n) is 0.956. The first kappa shape index (κ1) is 11.2. The third-order valence-electron chi connectivity index (χ3n) is 1.79. The molecule has 0 fully saturated rings. The maximum atomic E-state index is 10.5. The van der Waals surface area contributed by atoms with Crippen molar-refractivity contribution in [1.82, 2.24) is 0 Å². The number of hydrogen-bond donors (Lipinski definition) is 3. The number of phenols is 1. The van der Waals surface area contributed by atoms with Gasteiger partial charge in [0.25, 0.3) is 0 Å². The standard InChI is InChI=1S/C10H11NO4/c12-6-8(10(14)15)11-5-7-3-1-2-4-9(7)13/h1-5,8,12-13H,6H2,(H,14,15). The van der Waals surface area contributed by atoms with Crippen molar-refractivity contribution in [3.05, 3.63) is 29.8 Å². The minimum absolute atomic E-state index is 0.0170. The number of aliphatic hydroxyl groups is 1. The van der Waals surface area contributed by atoms with Gasteiger partial charge in [-0.1, -0.05) is 12.1 Å². The maximum absolute atomic E-state index is 10.5. The van der Waals surface area contributed by atoms with Crippen molar-refractivity contribution in [2.75, 3.05) is 6.61 Å². The molecule has 1 atom stereocenters. The van der Waals surface area contributed by atoms with E-state index in [-0.39, 0.29) is 5.75 Å². The summed E-state index contributed by atoms with van der Waals surface area (Å²) in [5, 5.41) is 26.6. The lowest BCUT2D eigenvalue weighted by molar-refractivity contribution is -0.139. The molecule has 5 nitrogen and oxygen atoms in total. The molecule has 80 valence electrons. The molecule has 5 heteroatoms. The van der Waals surface area contributed by atoms with E-state index in [0.29, 0.717) is 5.56 Å². The Bertz CT molecular complexity index is 375. The zero-order chi connectivity index (χ0) is 11.3. The van der Waals surface area contributed by atoms with Crippen LogP contribution in [0.1, 0.15) is 5.56 Å². The molecule has 1 aromatic rings. The first-order valence-electron chi connectivity index (χ1n) is 4.30. The molecule has 0 saturated heterocycles. The van der Waals surface area contributed by atoms with Crippen LogP contribution >= 0.6 is 0 Å². The van der Waals surface area contributed by atoms with Crippen molar-refractivity contribution in [2.45, 2.75) is 6.04 Å². The van der Waals surface area contributed by atoms with Crippen LogP contribution in [0.3, 0.4) is 0 Å². The Balaban J connectivity index is 2.81. The quantitative estimate of drug-likeness (QED) is 0.620. The zero-order valence-corrected chi connectivity index (χ0v) is 7.87. The smallest absolute Gasteiger partial charge is 0.330 e. The molecule has 1 rings (SSSR count). The van der Waals surface area contributed by atoms with Gasteiger partial charge in [-0.2, -0.15) is 0 Å². The summed E-state index contributed by atoms with van der Waals surface area (Å²) in [6.07, 6.45) is 1.23. The summed E-state index contributed by atoms with van der Waals surface area (Å²) in [7, 11) is 0. The summed E-state index contributed by atoms with van der Waals surface area (Å²) in [6.45, 7) is -0.570. The van der Waals surface area contributed by atoms with E-state index in [2.05, 4.69) is 4.99 Å². The number of para-hydroxylation sites is 1. The van der Waals surface area contributed by atoms with Gasteiger partial charge < -0.3 is 15.3 Å². The molecule has 0 aromatic heterocycles. The lowest BCUT2D eigenvalue weighted by Crippen LogP contribution is -2.22. The van der Waals surface area contributed by atoms with Crippen molar-refractivity contribution in [3.8, 4) is 5.75 Å². The number of carboxylic acid groups (broad SMARTS) is 1. The fourth-order valence-corrected chi connectivity index (χ4v) is 0.956. The monoisotopic (exact) mass is 209 g/mol. The summed E-state index contributed by atoms with van der Waals surface area (Å²) < 4.78 is 0. The number of aliphatic hydroxyl groups excluding tert-OH is 1. The van der Waals surface area contributed by atoms with Gasteiger partial charge in [0, 0.05) is 11.8 Å². The molecule has 1 aromatic carbocycles. The van der Waals surface area contributed by atoms with Crippen molar-refractivity contribution in [2.24, 2.45) is 4.99 Å². The lowest BCUT2D eigenvalue weighted by Gasteiger charge is -2.02. The molecule has 15 heavy (non-hydrogen) atoms. The largest absolute Gasteiger partial charge is 0.507 e. The van der Waals surface area contributed by atoms with Gasteiger partial charge in [0.2, 0.25) is 0 Å². The number of nitrogens with zero attached hydrogens (tertiary/aromatic N) is 1. The molecule has 0 amide bonds. The van der Waals surface area contributed by atoms with Gasteiger partial charge >= 0.3 is 5.97 Å². The molecular formula is C10H11NO4. The summed E-state index contributed by atoms with van der Waals surface area (Å²) in [4.78, 5) is 14.1. The molecule has 0 saturated carbocycles. The number of carboxylic acids is 1. The Morgan fingerprint density at radius 3 is 2.67 bits per heavy atom. The Hall–Kier alpha value is -1.88. The number of aliphatic carboxylic acids is 1. The van der Waals surface area contributed by atoms with Gasteiger partial charge in [0.15, 0.2) is 6.04 Å². The number of hydrogen-bond acceptors (Lipinski definition) is 4. The molecule has 0 aliphatic rings. The highest BCUT2D eigenvalue weighted by Crippen LogP contribution is 2.12. The van der Waals surface area contributed by atoms with E-state index < -0.39 is 18.6 Å². The van der Waals surface area contributed by atoms with Crippen molar-refractivity contribution < 1.29 is 20.1 Å². The van der Waals surface area contributed by atoms with Crippen LogP contribution in [-0.4, -0.2) is 40.2 Å². The predicted octanol–water partition coefficient (Wildman–Crippen LogP) is 0.257. The van der Waals surface area contributed by atoms with Gasteiger partial charge in [0.1, 0.15) is 5.75 Å². The molecular weight excluding hydrogens is 198 g/mol. The van der Waals surface area contributed by atoms with Crippen molar-refractivity contribution in [1.29, 1.82) is 0 Å². The van der Waals surface area contributed by atoms with Crippen LogP contribution in [0, 0.1) is 0 Å². The summed E-state index contributed by atoms with van der Waals surface area (Å²) >= 11 is 0. The average molecular weight is 209 g/mol. The number of carbonyl (C=O) groups is 1. The summed E-state index contributed by atoms with van der Waals surface area (Å²) in [6, 6.07) is 5.21. The van der Waals surface area contributed by atoms with Crippen LogP contribution in [0.5, 0.6) is 5.75 Å². The van der Waals surface area contributed by atoms with Gasteiger partial charge in [0.05, 0.1) is 6.61 Å². The Morgan fingerprint density at radius 1 is 1.47 bits per heavy atom. The Morgan fingerprint density at radius 2 is 2.13 bits per heavy atom. The number of benzene rings is 1. The SMILES string of the molecule is O=C(O)C(CO)N=Cc1ccccc1O. The minimum Gasteiger partial charge on any atom is -0.507 e. The second-order valence-corrected chi connectivity index (χ2v) is 2.87. The third-order valence-corrected chi connectivity index (χ3v) is 1.79. The topological polar surface area (TPSA) is 90.1 Å². The van der Waals surface area contributed by atoms with E-state index in [0.717, 1.165) is 0 Å². The van der Waals surface area contributed by atoms with Crippen LogP contribution in [0.15, 0.2) is 29.3 Å². The van der Waals surface area contributed by atoms with Crippen LogP contribution in [0.2, 0.25) is 0 Å². The average Bonchev–Trinajstić information content (AvgIpc) is 2.21. The minimum atomic E-state index is -1.20.